The summed E-state index contributed by atoms with van der Waals surface area (Å²) in [6.07, 6.45) is 0.365. The van der Waals surface area contributed by atoms with Crippen molar-refractivity contribution in [3.63, 3.8) is 0 Å². The molecule has 0 aliphatic rings. The Labute approximate surface area is 114 Å². The van der Waals surface area contributed by atoms with Gasteiger partial charge in [-0.15, -0.1) is 0 Å². The molecule has 0 fully saturated rings. The fraction of sp³-hybridized carbons (Fsp3) is 0.222. The van der Waals surface area contributed by atoms with E-state index in [1.807, 2.05) is 5.09 Å². The van der Waals surface area contributed by atoms with Crippen LogP contribution in [0.4, 0.5) is 0 Å². The van der Waals surface area contributed by atoms with Crippen molar-refractivity contribution in [2.24, 2.45) is 0 Å². The van der Waals surface area contributed by atoms with Crippen molar-refractivity contribution in [1.29, 1.82) is 0 Å². The molecule has 0 unspecified atom stereocenters. The largest absolute Gasteiger partial charge is 0.524 e. The number of benzene rings is 1. The highest BCUT2D eigenvalue weighted by molar-refractivity contribution is 7.49. The summed E-state index contributed by atoms with van der Waals surface area (Å²) in [6.45, 7) is 0. The molecule has 0 amide bonds. The Morgan fingerprint density at radius 1 is 1.15 bits per heavy atom. The minimum atomic E-state index is -4.64. The second kappa shape index (κ2) is 6.60. The second-order valence-corrected chi connectivity index (χ2v) is 6.36. The summed E-state index contributed by atoms with van der Waals surface area (Å²) in [7, 11) is -9.16. The maximum Gasteiger partial charge on any atom is 0.524 e. The molecule has 20 heavy (non-hydrogen) atoms. The lowest BCUT2D eigenvalue weighted by Gasteiger charge is -2.14. The lowest BCUT2D eigenvalue weighted by atomic mass is 10.1. The lowest BCUT2D eigenvalue weighted by Crippen LogP contribution is -2.29. The Morgan fingerprint density at radius 2 is 1.70 bits per heavy atom. The number of hydrogen-bond acceptors (Lipinski definition) is 4. The third-order valence-electron chi connectivity index (χ3n) is 2.10. The molecule has 5 N–H and O–H groups in total. The smallest absolute Gasteiger partial charge is 0.404 e. The van der Waals surface area contributed by atoms with Crippen LogP contribution in [0.15, 0.2) is 24.3 Å². The number of phosphoric acid groups is 1. The van der Waals surface area contributed by atoms with Gasteiger partial charge in [-0.1, -0.05) is 12.1 Å². The van der Waals surface area contributed by atoms with E-state index in [2.05, 4.69) is 4.52 Å². The molecule has 0 heterocycles. The van der Waals surface area contributed by atoms with Gasteiger partial charge in [0, 0.05) is 0 Å². The van der Waals surface area contributed by atoms with E-state index >= 15 is 0 Å². The SMILES string of the molecule is O=C[C@H](Cc1ccc(OP(=O)(O)O)cc1)NP(=O)(O)O. The first-order chi connectivity index (χ1) is 9.09. The highest BCUT2D eigenvalue weighted by Gasteiger charge is 2.20. The minimum absolute atomic E-state index is 0.00476. The zero-order valence-corrected chi connectivity index (χ0v) is 11.8. The molecule has 1 aromatic rings. The third-order valence-corrected chi connectivity index (χ3v) is 3.22. The maximum absolute atomic E-state index is 10.7. The van der Waals surface area contributed by atoms with E-state index < -0.39 is 21.6 Å². The predicted octanol–water partition coefficient (Wildman–Crippen LogP) is -0.0496. The monoisotopic (exact) mass is 325 g/mol. The maximum atomic E-state index is 10.7. The van der Waals surface area contributed by atoms with Crippen LogP contribution in [-0.4, -0.2) is 31.9 Å². The van der Waals surface area contributed by atoms with Gasteiger partial charge in [0.25, 0.3) is 0 Å². The molecule has 1 rings (SSSR count). The fourth-order valence-electron chi connectivity index (χ4n) is 1.42. The van der Waals surface area contributed by atoms with E-state index in [0.717, 1.165) is 0 Å². The fourth-order valence-corrected chi connectivity index (χ4v) is 2.40. The molecule has 1 atom stereocenters. The molecule has 112 valence electrons. The number of rotatable bonds is 7. The van der Waals surface area contributed by atoms with Gasteiger partial charge < -0.3 is 19.1 Å². The Balaban J connectivity index is 2.71. The van der Waals surface area contributed by atoms with E-state index in [-0.39, 0.29) is 12.2 Å². The summed E-state index contributed by atoms with van der Waals surface area (Å²) >= 11 is 0. The van der Waals surface area contributed by atoms with E-state index in [9.17, 15) is 13.9 Å². The van der Waals surface area contributed by atoms with Crippen LogP contribution in [0.5, 0.6) is 5.75 Å². The molecule has 1 aromatic carbocycles. The Morgan fingerprint density at radius 3 is 2.10 bits per heavy atom. The van der Waals surface area contributed by atoms with E-state index in [1.54, 1.807) is 0 Å². The van der Waals surface area contributed by atoms with Crippen LogP contribution in [0, 0.1) is 0 Å². The number of nitrogens with one attached hydrogen (secondary N) is 1. The minimum Gasteiger partial charge on any atom is -0.404 e. The van der Waals surface area contributed by atoms with Crippen LogP contribution < -0.4 is 9.61 Å². The summed E-state index contributed by atoms with van der Waals surface area (Å²) in [4.78, 5) is 45.3. The first kappa shape index (κ1) is 17.0. The number of hydrogen-bond donors (Lipinski definition) is 5. The first-order valence-corrected chi connectivity index (χ1v) is 8.36. The normalized spacial score (nSPS) is 13.8. The highest BCUT2D eigenvalue weighted by atomic mass is 31.2. The van der Waals surface area contributed by atoms with Crippen LogP contribution in [0.25, 0.3) is 0 Å². The van der Waals surface area contributed by atoms with Crippen molar-refractivity contribution in [2.75, 3.05) is 0 Å². The van der Waals surface area contributed by atoms with Crippen molar-refractivity contribution in [3.05, 3.63) is 29.8 Å². The molecule has 0 saturated carbocycles. The van der Waals surface area contributed by atoms with Gasteiger partial charge in [-0.2, -0.15) is 0 Å². The molecule has 11 heteroatoms. The molecule has 0 radical (unpaired) electrons. The molecule has 0 saturated heterocycles. The average Bonchev–Trinajstić information content (AvgIpc) is 2.27. The molecule has 0 aliphatic heterocycles. The van der Waals surface area contributed by atoms with Gasteiger partial charge in [-0.3, -0.25) is 9.79 Å². The van der Waals surface area contributed by atoms with Crippen LogP contribution in [0.3, 0.4) is 0 Å². The van der Waals surface area contributed by atoms with Crippen LogP contribution in [-0.2, 0) is 20.3 Å². The van der Waals surface area contributed by atoms with Crippen molar-refractivity contribution in [3.8, 4) is 5.75 Å². The van der Waals surface area contributed by atoms with Crippen molar-refractivity contribution >= 4 is 21.9 Å². The summed E-state index contributed by atoms with van der Waals surface area (Å²) < 4.78 is 25.6. The number of carbonyl (C=O) groups is 1. The van der Waals surface area contributed by atoms with E-state index in [4.69, 9.17) is 19.6 Å². The predicted molar refractivity (Wildman–Crippen MR) is 67.8 cm³/mol. The van der Waals surface area contributed by atoms with E-state index in [1.165, 1.54) is 24.3 Å². The quantitative estimate of drug-likeness (QED) is 0.343. The average molecular weight is 325 g/mol. The summed E-state index contributed by atoms with van der Waals surface area (Å²) in [5.41, 5.74) is 0.529. The summed E-state index contributed by atoms with van der Waals surface area (Å²) in [5, 5.41) is 1.85. The van der Waals surface area contributed by atoms with Crippen LogP contribution in [0.1, 0.15) is 5.56 Å². The number of phosphoric ester groups is 1. The van der Waals surface area contributed by atoms with Crippen LogP contribution in [0.2, 0.25) is 0 Å². The molecule has 0 aliphatic carbocycles. The summed E-state index contributed by atoms with van der Waals surface area (Å²) in [5.74, 6) is -0.0623. The summed E-state index contributed by atoms with van der Waals surface area (Å²) in [6, 6.07) is 4.30. The molecule has 0 aromatic heterocycles. The highest BCUT2D eigenvalue weighted by Crippen LogP contribution is 2.37. The molecule has 0 spiro atoms. The standard InChI is InChI=1S/C9H13NO8P2/c11-6-8(10-19(12,13)14)5-7-1-3-9(4-2-7)18-20(15,16)17/h1-4,6,8H,5H2,(H2,15,16,17)(H3,10,12,13,14)/t8-/m0/s1. The molecule has 9 nitrogen and oxygen atoms in total. The Bertz CT molecular complexity index is 548. The zero-order valence-electron chi connectivity index (χ0n) is 9.99. The molecule has 0 bridgehead atoms. The van der Waals surface area contributed by atoms with Crippen molar-refractivity contribution in [2.45, 2.75) is 12.5 Å². The van der Waals surface area contributed by atoms with Crippen LogP contribution >= 0.6 is 15.6 Å². The van der Waals surface area contributed by atoms with Crippen molar-refractivity contribution < 1.29 is 38.0 Å². The molecular formula is C9H13NO8P2. The van der Waals surface area contributed by atoms with Crippen molar-refractivity contribution in [1.82, 2.24) is 5.09 Å². The molecular weight excluding hydrogens is 312 g/mol. The first-order valence-electron chi connectivity index (χ1n) is 5.22. The third kappa shape index (κ3) is 6.93. The van der Waals surface area contributed by atoms with Gasteiger partial charge in [-0.05, 0) is 24.1 Å². The van der Waals surface area contributed by atoms with Gasteiger partial charge >= 0.3 is 15.6 Å². The number of carbonyl (C=O) groups excluding carboxylic acids is 1. The van der Waals surface area contributed by atoms with Gasteiger partial charge in [0.05, 0.1) is 6.04 Å². The van der Waals surface area contributed by atoms with E-state index in [0.29, 0.717) is 11.8 Å². The Hall–Kier alpha value is -1.05. The van der Waals surface area contributed by atoms with Gasteiger partial charge in [0.15, 0.2) is 0 Å². The Kier molecular flexibility index (Phi) is 5.61. The number of aldehydes is 1. The lowest BCUT2D eigenvalue weighted by molar-refractivity contribution is -0.109. The topological polar surface area (TPSA) is 153 Å². The zero-order chi connectivity index (χ0) is 15.4. The van der Waals surface area contributed by atoms with Gasteiger partial charge in [0.1, 0.15) is 12.0 Å². The second-order valence-electron chi connectivity index (χ2n) is 3.85. The van der Waals surface area contributed by atoms with Gasteiger partial charge in [0.2, 0.25) is 0 Å². The van der Waals surface area contributed by atoms with Gasteiger partial charge in [-0.25, -0.2) is 14.2 Å².